The van der Waals surface area contributed by atoms with Gasteiger partial charge in [-0.3, -0.25) is 28.8 Å². The zero-order valence-corrected chi connectivity index (χ0v) is 94.4. The first-order chi connectivity index (χ1) is 61.0. The molecule has 6 bridgehead atoms. The summed E-state index contributed by atoms with van der Waals surface area (Å²) in [7, 11) is -21.3. The van der Waals surface area contributed by atoms with Crippen molar-refractivity contribution < 1.29 is 200 Å². The summed E-state index contributed by atoms with van der Waals surface area (Å²) < 4.78 is 347. The third-order valence-corrected chi connectivity index (χ3v) is 39.9. The van der Waals surface area contributed by atoms with Crippen LogP contribution in [0.15, 0.2) is 48.5 Å². The molecule has 60 heteroatoms. The van der Waals surface area contributed by atoms with Crippen molar-refractivity contribution in [2.75, 3.05) is 23.0 Å². The SMILES string of the molecule is O=C(OC1C2CC3C(OC(=O)C31)C2C(=O)OC(CS(=O)(=O)[O-])C(F)(F)F)c1cc(I)cc(I)c1I.O=C(OC1C2CC3C1OC(=O)C3C2C(=O)OC(CS(=O)(=O)[O-])C(F)(F)F)c1cc(I)cc(I)c1I.O=C(OC1CC2CC(C(=O)OC(CS(=O)(=O)[O-])C(F)(F)F)C1C2)c1cc(I)cc(I)c1I.O=C(OC1CCCC(C(=O)OC(CS(=O)(=O)[O-])C(F)(F)F)C1)c1cc(I)cc(I)c1I. The lowest BCUT2D eigenvalue weighted by Crippen LogP contribution is -2.47. The molecule has 9 aliphatic rings. The summed E-state index contributed by atoms with van der Waals surface area (Å²) in [5.74, 6) is -27.8. The monoisotopic (exact) mass is 3320 g/mol. The van der Waals surface area contributed by atoms with Gasteiger partial charge < -0.3 is 65.6 Å². The lowest BCUT2D eigenvalue weighted by atomic mass is 9.78. The van der Waals surface area contributed by atoms with E-state index in [1.165, 1.54) is 0 Å². The average molecular weight is 3320 g/mol. The number of carbonyl (C=O) groups excluding carboxylic acids is 10. The van der Waals surface area contributed by atoms with Gasteiger partial charge in [0.15, 0.2) is 0 Å². The number of hydrogen-bond donors (Lipinski definition) is 0. The summed E-state index contributed by atoms with van der Waals surface area (Å²) in [5, 5.41) is 0. The van der Waals surface area contributed by atoms with E-state index >= 15 is 0 Å². The van der Waals surface area contributed by atoms with Crippen LogP contribution in [-0.2, 0) is 117 Å². The third kappa shape index (κ3) is 29.3. The van der Waals surface area contributed by atoms with Gasteiger partial charge in [0.2, 0.25) is 24.4 Å². The van der Waals surface area contributed by atoms with Gasteiger partial charge in [-0.05, 0) is 383 Å². The second-order valence-electron chi connectivity index (χ2n) is 31.2. The molecule has 7 aliphatic carbocycles. The van der Waals surface area contributed by atoms with Gasteiger partial charge in [0.25, 0.3) is 0 Å². The Morgan fingerprint density at radius 1 is 0.368 bits per heavy atom. The highest BCUT2D eigenvalue weighted by Gasteiger charge is 2.72. The highest BCUT2D eigenvalue weighted by molar-refractivity contribution is 14.1. The van der Waals surface area contributed by atoms with E-state index in [4.69, 9.17) is 28.4 Å². The van der Waals surface area contributed by atoms with Gasteiger partial charge in [0, 0.05) is 72.4 Å². The molecule has 13 rings (SSSR count). The van der Waals surface area contributed by atoms with Crippen LogP contribution in [0.5, 0.6) is 0 Å². The van der Waals surface area contributed by atoms with Gasteiger partial charge in [-0.1, -0.05) is 0 Å². The number of ether oxygens (including phenoxy) is 10. The molecule has 2 aliphatic heterocycles. The second kappa shape index (κ2) is 45.0. The molecule has 0 spiro atoms. The number of benzene rings is 4. The Kier molecular flexibility index (Phi) is 38.6. The van der Waals surface area contributed by atoms with Crippen LogP contribution in [0.1, 0.15) is 99.2 Å². The van der Waals surface area contributed by atoms with Crippen molar-refractivity contribution in [1.82, 2.24) is 0 Å². The van der Waals surface area contributed by atoms with Crippen molar-refractivity contribution in [3.05, 3.63) is 114 Å². The number of rotatable bonds is 24. The number of halogens is 24. The molecule has 2 saturated heterocycles. The van der Waals surface area contributed by atoms with E-state index in [2.05, 4.69) is 109 Å². The van der Waals surface area contributed by atoms with Gasteiger partial charge in [0.1, 0.15) is 48.5 Å². The molecule has 0 radical (unpaired) electrons. The van der Waals surface area contributed by atoms with E-state index in [0.29, 0.717) is 51.1 Å². The molecule has 7 saturated carbocycles. The minimum atomic E-state index is -5.39. The fourth-order valence-corrected chi connectivity index (χ4v) is 29.1. The highest BCUT2D eigenvalue weighted by Crippen LogP contribution is 2.61. The second-order valence-corrected chi connectivity index (χ2v) is 51.0. The summed E-state index contributed by atoms with van der Waals surface area (Å²) in [6.07, 6.45) is -36.6. The molecule has 22 atom stereocenters. The van der Waals surface area contributed by atoms with Crippen LogP contribution < -0.4 is 0 Å². The van der Waals surface area contributed by atoms with Gasteiger partial charge in [-0.25, -0.2) is 52.8 Å². The lowest BCUT2D eigenvalue weighted by Gasteiger charge is -2.31. The smallest absolute Gasteiger partial charge is 0.426 e. The van der Waals surface area contributed by atoms with Crippen molar-refractivity contribution in [3.8, 4) is 0 Å². The van der Waals surface area contributed by atoms with Gasteiger partial charge >= 0.3 is 84.4 Å². The number of fused-ring (bicyclic) bond motifs is 4. The Bertz CT molecular complexity index is 5770. The van der Waals surface area contributed by atoms with Gasteiger partial charge in [-0.15, -0.1) is 0 Å². The predicted octanol–water partition coefficient (Wildman–Crippen LogP) is 14.0. The number of alkyl halides is 12. The van der Waals surface area contributed by atoms with Crippen LogP contribution in [0, 0.1) is 114 Å². The van der Waals surface area contributed by atoms with Crippen molar-refractivity contribution >= 4 is 371 Å². The minimum absolute atomic E-state index is 0.0296. The van der Waals surface area contributed by atoms with E-state index in [1.807, 2.05) is 205 Å². The largest absolute Gasteiger partial charge is 0.748 e. The zero-order chi connectivity index (χ0) is 99.6. The van der Waals surface area contributed by atoms with Crippen LogP contribution in [0.25, 0.3) is 0 Å². The molecule has 0 N–H and O–H groups in total. The Labute approximate surface area is 909 Å². The average Bonchev–Trinajstić information content (AvgIpc) is 1.55. The van der Waals surface area contributed by atoms with Crippen LogP contribution in [0.4, 0.5) is 52.7 Å². The summed E-state index contributed by atoms with van der Waals surface area (Å²) in [5.41, 5.74) is 1.17. The van der Waals surface area contributed by atoms with E-state index in [9.17, 15) is 153 Å². The van der Waals surface area contributed by atoms with Crippen molar-refractivity contribution in [1.29, 1.82) is 0 Å². The molecular formula is C73H56F12I12O32S4-4. The van der Waals surface area contributed by atoms with Gasteiger partial charge in [0.05, 0.1) is 109 Å². The number of hydrogen-bond acceptors (Lipinski definition) is 32. The molecular weight excluding hydrogens is 3270 g/mol. The quantitative estimate of drug-likeness (QED) is 0.0157. The van der Waals surface area contributed by atoms with Crippen molar-refractivity contribution in [2.24, 2.45) is 71.0 Å². The number of esters is 10. The Balaban J connectivity index is 0.000000184. The molecule has 0 amide bonds. The molecule has 2 heterocycles. The summed E-state index contributed by atoms with van der Waals surface area (Å²) in [6, 6.07) is 13.9. The highest BCUT2D eigenvalue weighted by atomic mass is 127. The van der Waals surface area contributed by atoms with Crippen LogP contribution >= 0.6 is 271 Å². The predicted molar refractivity (Wildman–Crippen MR) is 520 cm³/mol. The molecule has 4 aromatic carbocycles. The lowest BCUT2D eigenvalue weighted by molar-refractivity contribution is -0.220. The van der Waals surface area contributed by atoms with E-state index in [-0.39, 0.29) is 49.1 Å². The molecule has 4 aromatic rings. The van der Waals surface area contributed by atoms with Crippen LogP contribution in [0.2, 0.25) is 0 Å². The number of carbonyl (C=O) groups is 10. The Morgan fingerprint density at radius 2 is 0.699 bits per heavy atom. The minimum Gasteiger partial charge on any atom is -0.748 e. The van der Waals surface area contributed by atoms with Gasteiger partial charge in [-0.2, -0.15) is 52.7 Å². The fraction of sp³-hybridized carbons (Fsp3) is 0.534. The van der Waals surface area contributed by atoms with Crippen molar-refractivity contribution in [2.45, 2.75) is 144 Å². The molecule has 133 heavy (non-hydrogen) atoms. The maximum Gasteiger partial charge on any atom is 0.426 e. The summed E-state index contributed by atoms with van der Waals surface area (Å²) >= 11 is 24.4. The first-order valence-electron chi connectivity index (χ1n) is 37.7. The fourth-order valence-electron chi connectivity index (χ4n) is 17.1. The topological polar surface area (TPSA) is 492 Å². The van der Waals surface area contributed by atoms with E-state index in [1.54, 1.807) is 24.3 Å². The normalized spacial score (nSPS) is 27.0. The summed E-state index contributed by atoms with van der Waals surface area (Å²) in [6.45, 7) is 0. The molecule has 736 valence electrons. The maximum absolute atomic E-state index is 13.2. The van der Waals surface area contributed by atoms with E-state index < -0.39 is 274 Å². The van der Waals surface area contributed by atoms with Crippen LogP contribution in [-0.4, -0.2) is 220 Å². The third-order valence-electron chi connectivity index (χ3n) is 22.4. The van der Waals surface area contributed by atoms with Crippen molar-refractivity contribution in [3.63, 3.8) is 0 Å². The van der Waals surface area contributed by atoms with E-state index in [0.717, 1.165) is 28.6 Å². The molecule has 32 nitrogen and oxygen atoms in total. The molecule has 9 fully saturated rings. The van der Waals surface area contributed by atoms with Crippen LogP contribution in [0.3, 0.4) is 0 Å². The first kappa shape index (κ1) is 114. The standard InChI is InChI=1S/2C19H14F3I3O9S.C18H16F3I3O7S.C17H16F3I3O7S/c20-19(21,22)10(4-35(29,30)31)32-17(27)11-6-3-7-12(18(28)34-15(7)11)14(6)33-16(26)8-1-5(23)2-9(24)13(8)25;20-19(21,22)10(4-35(29,30)31)32-17(27)11-6-3-7-12(11)18(28)34-15(7)14(6)33-16(26)8-1-5(23)2-9(24)13(8)25;19-18(20,21)14(6-32(27,28)29)31-16(25)10-2-7-1-9(10)13(3-7)30-17(26)11-4-8(22)5-12(23)15(11)24;18-17(19,20)13(7-31(26,27)28)30-15(24)8-2-1-3-10(4-8)29-16(25)11-5-9(21)6-12(22)14(11)23/h2*1-2,6-7,10-12,14-15H,3-4H2,(H,29,30,31);4-5,7,9-10,13-14H,1-3,6H2,(H,27,28,29);5-6,8,10,13H,1-4,7H2,(H,26,27,28)/p-4. The Hall–Kier alpha value is -0.860. The molecule has 0 aromatic heterocycles. The summed E-state index contributed by atoms with van der Waals surface area (Å²) in [4.78, 5) is 126. The maximum atomic E-state index is 13.2. The molecule has 22 unspecified atom stereocenters. The first-order valence-corrected chi connectivity index (χ1v) is 56.9. The Morgan fingerprint density at radius 3 is 1.08 bits per heavy atom. The zero-order valence-electron chi connectivity index (χ0n) is 65.3.